The predicted octanol–water partition coefficient (Wildman–Crippen LogP) is 1.31. The molecule has 1 aromatic carbocycles. The Balaban J connectivity index is 1.60. The van der Waals surface area contributed by atoms with Crippen molar-refractivity contribution >= 4 is 0 Å². The van der Waals surface area contributed by atoms with Crippen molar-refractivity contribution in [2.24, 2.45) is 0 Å². The molecule has 2 aromatic rings. The molecule has 6 nitrogen and oxygen atoms in total. The zero-order valence-corrected chi connectivity index (χ0v) is 10.9. The molecule has 0 radical (unpaired) electrons. The molecule has 1 fully saturated rings. The Bertz CT molecular complexity index is 532. The van der Waals surface area contributed by atoms with Crippen LogP contribution in [0.25, 0.3) is 0 Å². The number of nitrogens with zero attached hydrogens (tertiary/aromatic N) is 4. The molecule has 1 aliphatic rings. The zero-order chi connectivity index (χ0) is 13.1. The van der Waals surface area contributed by atoms with Crippen molar-refractivity contribution in [3.63, 3.8) is 0 Å². The maximum Gasteiger partial charge on any atom is 0.189 e. The van der Waals surface area contributed by atoms with Gasteiger partial charge in [-0.15, -0.1) is 5.10 Å². The minimum absolute atomic E-state index is 0.412. The molecule has 1 saturated carbocycles. The maximum atomic E-state index is 5.72. The lowest BCUT2D eigenvalue weighted by Crippen LogP contribution is -2.07. The molecular weight excluding hydrogens is 242 g/mol. The molecule has 1 heterocycles. The van der Waals surface area contributed by atoms with Gasteiger partial charge < -0.3 is 10.1 Å². The number of rotatable bonds is 6. The molecule has 0 bridgehead atoms. The summed E-state index contributed by atoms with van der Waals surface area (Å²) in [5.74, 6) is 1.63. The van der Waals surface area contributed by atoms with Crippen LogP contribution in [0.5, 0.6) is 5.75 Å². The van der Waals surface area contributed by atoms with Gasteiger partial charge in [-0.05, 0) is 48.0 Å². The molecule has 1 N–H and O–H groups in total. The fourth-order valence-electron chi connectivity index (χ4n) is 1.97. The first-order valence-electron chi connectivity index (χ1n) is 6.50. The monoisotopic (exact) mass is 259 g/mol. The van der Waals surface area contributed by atoms with E-state index in [4.69, 9.17) is 4.74 Å². The molecule has 1 aliphatic carbocycles. The molecule has 0 saturated heterocycles. The van der Waals surface area contributed by atoms with Gasteiger partial charge in [0.2, 0.25) is 0 Å². The predicted molar refractivity (Wildman–Crippen MR) is 69.6 cm³/mol. The van der Waals surface area contributed by atoms with Crippen molar-refractivity contribution in [2.75, 3.05) is 7.05 Å². The van der Waals surface area contributed by atoms with E-state index in [1.165, 1.54) is 5.56 Å². The van der Waals surface area contributed by atoms with E-state index in [-0.39, 0.29) is 0 Å². The van der Waals surface area contributed by atoms with Gasteiger partial charge in [0.05, 0.1) is 6.04 Å². The van der Waals surface area contributed by atoms with E-state index in [0.29, 0.717) is 12.6 Å². The van der Waals surface area contributed by atoms with Crippen LogP contribution in [0.1, 0.15) is 30.3 Å². The molecule has 0 spiro atoms. The SMILES string of the molecule is CNCc1ccc(OCc2nnnn2C2CC2)cc1. The molecule has 19 heavy (non-hydrogen) atoms. The van der Waals surface area contributed by atoms with E-state index in [2.05, 4.69) is 33.0 Å². The van der Waals surface area contributed by atoms with Crippen LogP contribution in [0.2, 0.25) is 0 Å². The van der Waals surface area contributed by atoms with Crippen molar-refractivity contribution in [2.45, 2.75) is 32.0 Å². The Morgan fingerprint density at radius 2 is 2.11 bits per heavy atom. The van der Waals surface area contributed by atoms with Crippen LogP contribution in [0.4, 0.5) is 0 Å². The fraction of sp³-hybridized carbons (Fsp3) is 0.462. The first kappa shape index (κ1) is 12.1. The highest BCUT2D eigenvalue weighted by molar-refractivity contribution is 5.27. The number of tetrazole rings is 1. The van der Waals surface area contributed by atoms with Crippen molar-refractivity contribution in [1.29, 1.82) is 0 Å². The molecular formula is C13H17N5O. The van der Waals surface area contributed by atoms with Gasteiger partial charge in [0.15, 0.2) is 5.82 Å². The topological polar surface area (TPSA) is 64.9 Å². The molecule has 6 heteroatoms. The first-order chi connectivity index (χ1) is 9.36. The number of nitrogens with one attached hydrogen (secondary N) is 1. The Morgan fingerprint density at radius 3 is 2.79 bits per heavy atom. The zero-order valence-electron chi connectivity index (χ0n) is 10.9. The minimum Gasteiger partial charge on any atom is -0.486 e. The molecule has 100 valence electrons. The third-order valence-corrected chi connectivity index (χ3v) is 3.13. The summed E-state index contributed by atoms with van der Waals surface area (Å²) >= 11 is 0. The third kappa shape index (κ3) is 2.90. The van der Waals surface area contributed by atoms with Gasteiger partial charge in [0.25, 0.3) is 0 Å². The molecule has 0 atom stereocenters. The van der Waals surface area contributed by atoms with Crippen LogP contribution in [0, 0.1) is 0 Å². The summed E-state index contributed by atoms with van der Waals surface area (Å²) in [6, 6.07) is 8.52. The van der Waals surface area contributed by atoms with Crippen LogP contribution in [-0.2, 0) is 13.2 Å². The average molecular weight is 259 g/mol. The molecule has 3 rings (SSSR count). The lowest BCUT2D eigenvalue weighted by atomic mass is 10.2. The molecule has 1 aromatic heterocycles. The Kier molecular flexibility index (Phi) is 3.41. The standard InChI is InChI=1S/C13H17N5O/c1-14-8-10-2-6-12(7-3-10)19-9-13-15-16-17-18(13)11-4-5-11/h2-3,6-7,11,14H,4-5,8-9H2,1H3. The van der Waals surface area contributed by atoms with Gasteiger partial charge in [-0.2, -0.15) is 0 Å². The van der Waals surface area contributed by atoms with E-state index >= 15 is 0 Å². The Morgan fingerprint density at radius 1 is 1.32 bits per heavy atom. The lowest BCUT2D eigenvalue weighted by molar-refractivity contribution is 0.286. The summed E-state index contributed by atoms with van der Waals surface area (Å²) in [5, 5.41) is 14.8. The third-order valence-electron chi connectivity index (χ3n) is 3.13. The van der Waals surface area contributed by atoms with Gasteiger partial charge in [-0.3, -0.25) is 0 Å². The highest BCUT2D eigenvalue weighted by Crippen LogP contribution is 2.34. The number of aromatic nitrogens is 4. The van der Waals surface area contributed by atoms with Gasteiger partial charge in [-0.1, -0.05) is 12.1 Å². The van der Waals surface area contributed by atoms with Crippen molar-refractivity contribution < 1.29 is 4.74 Å². The second-order valence-corrected chi connectivity index (χ2v) is 4.73. The normalized spacial score (nSPS) is 14.6. The summed E-state index contributed by atoms with van der Waals surface area (Å²) in [6.07, 6.45) is 2.33. The smallest absolute Gasteiger partial charge is 0.189 e. The van der Waals surface area contributed by atoms with Gasteiger partial charge in [-0.25, -0.2) is 4.68 Å². The van der Waals surface area contributed by atoms with Gasteiger partial charge in [0.1, 0.15) is 12.4 Å². The first-order valence-corrected chi connectivity index (χ1v) is 6.50. The van der Waals surface area contributed by atoms with Crippen LogP contribution in [0.15, 0.2) is 24.3 Å². The number of hydrogen-bond acceptors (Lipinski definition) is 5. The summed E-state index contributed by atoms with van der Waals surface area (Å²) in [6.45, 7) is 1.27. The summed E-state index contributed by atoms with van der Waals surface area (Å²) < 4.78 is 7.59. The van der Waals surface area contributed by atoms with Gasteiger partial charge >= 0.3 is 0 Å². The summed E-state index contributed by atoms with van der Waals surface area (Å²) in [7, 11) is 1.93. The van der Waals surface area contributed by atoms with Crippen LogP contribution >= 0.6 is 0 Å². The Hall–Kier alpha value is -1.95. The second kappa shape index (κ2) is 5.36. The maximum absolute atomic E-state index is 5.72. The summed E-state index contributed by atoms with van der Waals surface area (Å²) in [4.78, 5) is 0. The van der Waals surface area contributed by atoms with E-state index < -0.39 is 0 Å². The van der Waals surface area contributed by atoms with Crippen molar-refractivity contribution in [1.82, 2.24) is 25.5 Å². The molecule has 0 unspecified atom stereocenters. The quantitative estimate of drug-likeness (QED) is 0.847. The molecule has 0 aliphatic heterocycles. The average Bonchev–Trinajstić information content (AvgIpc) is 3.17. The van der Waals surface area contributed by atoms with E-state index in [1.807, 2.05) is 23.9 Å². The summed E-state index contributed by atoms with van der Waals surface area (Å²) in [5.41, 5.74) is 1.23. The van der Waals surface area contributed by atoms with E-state index in [1.54, 1.807) is 0 Å². The van der Waals surface area contributed by atoms with E-state index in [0.717, 1.165) is 31.0 Å². The number of benzene rings is 1. The number of ether oxygens (including phenoxy) is 1. The highest BCUT2D eigenvalue weighted by Gasteiger charge is 2.27. The molecule has 0 amide bonds. The van der Waals surface area contributed by atoms with Crippen LogP contribution in [0.3, 0.4) is 0 Å². The fourth-order valence-corrected chi connectivity index (χ4v) is 1.97. The highest BCUT2D eigenvalue weighted by atomic mass is 16.5. The minimum atomic E-state index is 0.412. The lowest BCUT2D eigenvalue weighted by Gasteiger charge is -2.07. The van der Waals surface area contributed by atoms with Crippen molar-refractivity contribution in [3.8, 4) is 5.75 Å². The number of hydrogen-bond donors (Lipinski definition) is 1. The van der Waals surface area contributed by atoms with E-state index in [9.17, 15) is 0 Å². The second-order valence-electron chi connectivity index (χ2n) is 4.73. The van der Waals surface area contributed by atoms with Crippen LogP contribution in [-0.4, -0.2) is 27.3 Å². The largest absolute Gasteiger partial charge is 0.486 e. The van der Waals surface area contributed by atoms with Crippen LogP contribution < -0.4 is 10.1 Å². The van der Waals surface area contributed by atoms with Gasteiger partial charge in [0, 0.05) is 6.54 Å². The Labute approximate surface area is 111 Å². The van der Waals surface area contributed by atoms with Crippen molar-refractivity contribution in [3.05, 3.63) is 35.7 Å².